The van der Waals surface area contributed by atoms with E-state index in [2.05, 4.69) is 15.3 Å². The van der Waals surface area contributed by atoms with Crippen molar-refractivity contribution < 1.29 is 4.79 Å². The molecule has 102 valence electrons. The van der Waals surface area contributed by atoms with Crippen molar-refractivity contribution in [1.82, 2.24) is 14.5 Å². The van der Waals surface area contributed by atoms with E-state index in [9.17, 15) is 4.79 Å². The van der Waals surface area contributed by atoms with Gasteiger partial charge in [0.25, 0.3) is 5.91 Å². The summed E-state index contributed by atoms with van der Waals surface area (Å²) in [5.41, 5.74) is 6.65. The Hall–Kier alpha value is -2.12. The summed E-state index contributed by atoms with van der Waals surface area (Å²) in [6, 6.07) is 3.65. The Morgan fingerprint density at radius 1 is 1.45 bits per heavy atom. The molecular formula is C12H10ClN5OS. The maximum atomic E-state index is 11.3. The van der Waals surface area contributed by atoms with Crippen LogP contribution in [0.15, 0.2) is 23.7 Å². The summed E-state index contributed by atoms with van der Waals surface area (Å²) in [4.78, 5) is 20.1. The molecule has 0 radical (unpaired) electrons. The second-order valence-electron chi connectivity index (χ2n) is 4.16. The van der Waals surface area contributed by atoms with E-state index in [1.807, 2.05) is 23.9 Å². The number of aromatic nitrogens is 3. The fraction of sp³-hybridized carbons (Fsp3) is 0.0833. The molecule has 0 saturated carbocycles. The fourth-order valence-corrected chi connectivity index (χ4v) is 2.80. The van der Waals surface area contributed by atoms with E-state index in [-0.39, 0.29) is 5.28 Å². The van der Waals surface area contributed by atoms with Crippen LogP contribution in [0.3, 0.4) is 0 Å². The molecule has 3 heterocycles. The molecular weight excluding hydrogens is 298 g/mol. The Morgan fingerprint density at radius 3 is 3.00 bits per heavy atom. The highest BCUT2D eigenvalue weighted by molar-refractivity contribution is 7.12. The van der Waals surface area contributed by atoms with Crippen LogP contribution in [0.1, 0.15) is 9.67 Å². The van der Waals surface area contributed by atoms with E-state index in [0.717, 1.165) is 5.39 Å². The zero-order chi connectivity index (χ0) is 14.3. The van der Waals surface area contributed by atoms with Crippen LogP contribution >= 0.6 is 22.9 Å². The highest BCUT2D eigenvalue weighted by Crippen LogP contribution is 2.29. The van der Waals surface area contributed by atoms with Gasteiger partial charge in [0.2, 0.25) is 5.28 Å². The van der Waals surface area contributed by atoms with Crippen molar-refractivity contribution in [3.63, 3.8) is 0 Å². The molecule has 3 N–H and O–H groups in total. The topological polar surface area (TPSA) is 85.8 Å². The number of amides is 1. The highest BCUT2D eigenvalue weighted by Gasteiger charge is 2.14. The SMILES string of the molecule is Cn1ccc2c(Nc3ccsc3C(N)=O)nc(Cl)nc21. The number of nitrogens with two attached hydrogens (primary N) is 1. The molecule has 0 unspecified atom stereocenters. The van der Waals surface area contributed by atoms with Gasteiger partial charge >= 0.3 is 0 Å². The fourth-order valence-electron chi connectivity index (χ4n) is 1.93. The number of aryl methyl sites for hydroxylation is 1. The zero-order valence-corrected chi connectivity index (χ0v) is 12.0. The molecule has 0 spiro atoms. The Balaban J connectivity index is 2.11. The lowest BCUT2D eigenvalue weighted by Crippen LogP contribution is -2.11. The minimum atomic E-state index is -0.480. The first-order valence-electron chi connectivity index (χ1n) is 5.69. The van der Waals surface area contributed by atoms with Crippen molar-refractivity contribution >= 4 is 51.4 Å². The summed E-state index contributed by atoms with van der Waals surface area (Å²) in [6.07, 6.45) is 1.86. The third kappa shape index (κ3) is 2.10. The van der Waals surface area contributed by atoms with Crippen molar-refractivity contribution in [3.05, 3.63) is 33.9 Å². The molecule has 3 rings (SSSR count). The van der Waals surface area contributed by atoms with E-state index in [1.54, 1.807) is 11.4 Å². The molecule has 3 aromatic rings. The monoisotopic (exact) mass is 307 g/mol. The van der Waals surface area contributed by atoms with Crippen LogP contribution in [0.4, 0.5) is 11.5 Å². The molecule has 3 aromatic heterocycles. The summed E-state index contributed by atoms with van der Waals surface area (Å²) in [6.45, 7) is 0. The molecule has 8 heteroatoms. The lowest BCUT2D eigenvalue weighted by atomic mass is 10.3. The second kappa shape index (κ2) is 4.77. The number of carbonyl (C=O) groups is 1. The van der Waals surface area contributed by atoms with Crippen molar-refractivity contribution in [2.45, 2.75) is 0 Å². The summed E-state index contributed by atoms with van der Waals surface area (Å²) >= 11 is 7.20. The minimum absolute atomic E-state index is 0.137. The number of primary amides is 1. The number of thiophene rings is 1. The number of hydrogen-bond acceptors (Lipinski definition) is 5. The summed E-state index contributed by atoms with van der Waals surface area (Å²) in [5.74, 6) is 0.0634. The molecule has 0 aromatic carbocycles. The van der Waals surface area contributed by atoms with Gasteiger partial charge in [-0.1, -0.05) is 0 Å². The number of nitrogens with zero attached hydrogens (tertiary/aromatic N) is 3. The van der Waals surface area contributed by atoms with E-state index in [0.29, 0.717) is 22.0 Å². The Morgan fingerprint density at radius 2 is 2.25 bits per heavy atom. The van der Waals surface area contributed by atoms with Gasteiger partial charge in [-0.3, -0.25) is 4.79 Å². The van der Waals surface area contributed by atoms with Crippen LogP contribution in [-0.2, 0) is 7.05 Å². The number of carbonyl (C=O) groups excluding carboxylic acids is 1. The lowest BCUT2D eigenvalue weighted by Gasteiger charge is -2.07. The summed E-state index contributed by atoms with van der Waals surface area (Å²) in [7, 11) is 1.87. The average molecular weight is 308 g/mol. The molecule has 0 aliphatic carbocycles. The van der Waals surface area contributed by atoms with Gasteiger partial charge in [0.15, 0.2) is 0 Å². The van der Waals surface area contributed by atoms with Crippen molar-refractivity contribution in [2.24, 2.45) is 12.8 Å². The van der Waals surface area contributed by atoms with Gasteiger partial charge < -0.3 is 15.6 Å². The van der Waals surface area contributed by atoms with Crippen LogP contribution in [0.5, 0.6) is 0 Å². The van der Waals surface area contributed by atoms with Crippen LogP contribution in [0, 0.1) is 0 Å². The predicted molar refractivity (Wildman–Crippen MR) is 79.6 cm³/mol. The first-order chi connectivity index (χ1) is 9.56. The quantitative estimate of drug-likeness (QED) is 0.728. The van der Waals surface area contributed by atoms with Gasteiger partial charge in [-0.15, -0.1) is 11.3 Å². The molecule has 20 heavy (non-hydrogen) atoms. The van der Waals surface area contributed by atoms with Crippen molar-refractivity contribution in [2.75, 3.05) is 5.32 Å². The first-order valence-corrected chi connectivity index (χ1v) is 6.95. The van der Waals surface area contributed by atoms with Gasteiger partial charge in [-0.2, -0.15) is 9.97 Å². The van der Waals surface area contributed by atoms with Gasteiger partial charge in [-0.05, 0) is 29.1 Å². The standard InChI is InChI=1S/C12H10ClN5OS/c1-18-4-2-6-10(16-12(13)17-11(6)18)15-7-3-5-20-8(7)9(14)19/h2-5H,1H3,(H2,14,19)(H,15,16,17). The van der Waals surface area contributed by atoms with Gasteiger partial charge in [-0.25, -0.2) is 0 Å². The van der Waals surface area contributed by atoms with Crippen molar-refractivity contribution in [1.29, 1.82) is 0 Å². The Kier molecular flexibility index (Phi) is 3.07. The number of anilines is 2. The van der Waals surface area contributed by atoms with Crippen LogP contribution in [0.2, 0.25) is 5.28 Å². The molecule has 0 atom stereocenters. The molecule has 0 bridgehead atoms. The van der Waals surface area contributed by atoms with E-state index < -0.39 is 5.91 Å². The zero-order valence-electron chi connectivity index (χ0n) is 10.4. The number of halogens is 1. The number of fused-ring (bicyclic) bond motifs is 1. The molecule has 0 aliphatic heterocycles. The number of rotatable bonds is 3. The van der Waals surface area contributed by atoms with Crippen LogP contribution in [-0.4, -0.2) is 20.4 Å². The molecule has 6 nitrogen and oxygen atoms in total. The lowest BCUT2D eigenvalue weighted by molar-refractivity contribution is 0.100. The van der Waals surface area contributed by atoms with E-state index >= 15 is 0 Å². The molecule has 0 aliphatic rings. The third-order valence-corrected chi connectivity index (χ3v) is 3.94. The third-order valence-electron chi connectivity index (χ3n) is 2.84. The van der Waals surface area contributed by atoms with E-state index in [4.69, 9.17) is 17.3 Å². The highest BCUT2D eigenvalue weighted by atomic mass is 35.5. The Bertz CT molecular complexity index is 809. The van der Waals surface area contributed by atoms with E-state index in [1.165, 1.54) is 11.3 Å². The minimum Gasteiger partial charge on any atom is -0.365 e. The van der Waals surface area contributed by atoms with Crippen LogP contribution in [0.25, 0.3) is 11.0 Å². The maximum absolute atomic E-state index is 11.3. The van der Waals surface area contributed by atoms with Gasteiger partial charge in [0.1, 0.15) is 16.3 Å². The number of hydrogen-bond donors (Lipinski definition) is 2. The van der Waals surface area contributed by atoms with Gasteiger partial charge in [0.05, 0.1) is 11.1 Å². The Labute approximate surface area is 123 Å². The average Bonchev–Trinajstić information content (AvgIpc) is 2.97. The van der Waals surface area contributed by atoms with Crippen molar-refractivity contribution in [3.8, 4) is 0 Å². The molecule has 1 amide bonds. The smallest absolute Gasteiger partial charge is 0.260 e. The largest absolute Gasteiger partial charge is 0.365 e. The van der Waals surface area contributed by atoms with Crippen LogP contribution < -0.4 is 11.1 Å². The maximum Gasteiger partial charge on any atom is 0.260 e. The normalized spacial score (nSPS) is 10.9. The number of nitrogens with one attached hydrogen (secondary N) is 1. The first kappa shape index (κ1) is 12.9. The molecule has 0 fully saturated rings. The second-order valence-corrected chi connectivity index (χ2v) is 5.41. The summed E-state index contributed by atoms with van der Waals surface area (Å²) in [5, 5.41) is 5.83. The van der Waals surface area contributed by atoms with Gasteiger partial charge in [0, 0.05) is 13.2 Å². The predicted octanol–water partition coefficient (Wildman–Crippen LogP) is 2.53. The summed E-state index contributed by atoms with van der Waals surface area (Å²) < 4.78 is 1.84. The molecule has 0 saturated heterocycles.